The summed E-state index contributed by atoms with van der Waals surface area (Å²) < 4.78 is 17.1. The number of hydrogen-bond acceptors (Lipinski definition) is 5. The number of halogens is 1. The Morgan fingerprint density at radius 3 is 2.63 bits per heavy atom. The van der Waals surface area contributed by atoms with Crippen LogP contribution in [-0.4, -0.2) is 70.0 Å². The minimum absolute atomic E-state index is 0. The van der Waals surface area contributed by atoms with Gasteiger partial charge in [0, 0.05) is 26.2 Å². The molecule has 0 radical (unpaired) electrons. The van der Waals surface area contributed by atoms with E-state index in [1.165, 1.54) is 0 Å². The number of likely N-dealkylation sites (N-methyl/N-ethyl adjacent to an activating group) is 1. The van der Waals surface area contributed by atoms with Crippen LogP contribution in [0.15, 0.2) is 23.2 Å². The molecule has 1 aliphatic heterocycles. The van der Waals surface area contributed by atoms with Crippen molar-refractivity contribution in [3.8, 4) is 11.5 Å². The lowest BCUT2D eigenvalue weighted by molar-refractivity contribution is 0.114. The van der Waals surface area contributed by atoms with Gasteiger partial charge in [-0.2, -0.15) is 0 Å². The number of methoxy groups -OCH3 is 1. The highest BCUT2D eigenvalue weighted by atomic mass is 127. The number of nitrogens with zero attached hydrogens (tertiary/aromatic N) is 2. The summed E-state index contributed by atoms with van der Waals surface area (Å²) >= 11 is 0. The summed E-state index contributed by atoms with van der Waals surface area (Å²) in [4.78, 5) is 7.03. The maximum Gasteiger partial charge on any atom is 0.191 e. The van der Waals surface area contributed by atoms with Gasteiger partial charge in [-0.3, -0.25) is 0 Å². The highest BCUT2D eigenvalue weighted by molar-refractivity contribution is 14.0. The van der Waals surface area contributed by atoms with E-state index >= 15 is 0 Å². The second-order valence-corrected chi connectivity index (χ2v) is 7.07. The summed E-state index contributed by atoms with van der Waals surface area (Å²) in [5.74, 6) is 2.33. The Kier molecular flexibility index (Phi) is 13.9. The van der Waals surface area contributed by atoms with Crippen molar-refractivity contribution in [3.63, 3.8) is 0 Å². The Morgan fingerprint density at radius 1 is 1.20 bits per heavy atom. The van der Waals surface area contributed by atoms with Crippen LogP contribution in [-0.2, 0) is 11.3 Å². The van der Waals surface area contributed by atoms with Crippen LogP contribution < -0.4 is 20.1 Å². The first kappa shape index (κ1) is 26.8. The van der Waals surface area contributed by atoms with Crippen LogP contribution in [0.3, 0.4) is 0 Å². The van der Waals surface area contributed by atoms with Crippen LogP contribution in [0.1, 0.15) is 39.2 Å². The van der Waals surface area contributed by atoms with E-state index in [0.29, 0.717) is 13.2 Å². The molecular weight excluding hydrogens is 495 g/mol. The molecule has 0 spiro atoms. The normalized spacial score (nSPS) is 16.3. The maximum absolute atomic E-state index is 5.94. The molecule has 2 rings (SSSR count). The summed E-state index contributed by atoms with van der Waals surface area (Å²) in [6, 6.07) is 6.01. The third-order valence-corrected chi connectivity index (χ3v) is 5.07. The van der Waals surface area contributed by atoms with Gasteiger partial charge in [-0.15, -0.1) is 24.0 Å². The van der Waals surface area contributed by atoms with Gasteiger partial charge in [0.05, 0.1) is 19.8 Å². The van der Waals surface area contributed by atoms with Gasteiger partial charge in [0.1, 0.15) is 6.61 Å². The first-order valence-electron chi connectivity index (χ1n) is 10.9. The van der Waals surface area contributed by atoms with Crippen LogP contribution in [0.5, 0.6) is 11.5 Å². The average Bonchev–Trinajstić information content (AvgIpc) is 3.27. The van der Waals surface area contributed by atoms with Crippen LogP contribution in [0, 0.1) is 0 Å². The Hall–Kier alpha value is -1.26. The molecule has 1 aromatic rings. The standard InChI is InChI=1S/C22H38N4O3.HI/c1-5-23-22(25-17-19-9-8-13-28-19)24-16-18-10-11-20(21(15-18)27-4)29-14-12-26(6-2)7-3;/h10-11,15,19H,5-9,12-14,16-17H2,1-4H3,(H2,23,24,25);1H. The Bertz CT molecular complexity index is 620. The highest BCUT2D eigenvalue weighted by Gasteiger charge is 2.15. The minimum atomic E-state index is 0. The third-order valence-electron chi connectivity index (χ3n) is 5.07. The molecule has 0 aliphatic carbocycles. The number of benzene rings is 1. The quantitative estimate of drug-likeness (QED) is 0.244. The maximum atomic E-state index is 5.94. The molecule has 1 aliphatic rings. The predicted molar refractivity (Wildman–Crippen MR) is 133 cm³/mol. The number of aliphatic imine (C=N–C) groups is 1. The number of rotatable bonds is 12. The van der Waals surface area contributed by atoms with E-state index in [-0.39, 0.29) is 30.1 Å². The van der Waals surface area contributed by atoms with E-state index in [4.69, 9.17) is 19.2 Å². The fourth-order valence-corrected chi connectivity index (χ4v) is 3.28. The van der Waals surface area contributed by atoms with Crippen molar-refractivity contribution < 1.29 is 14.2 Å². The summed E-state index contributed by atoms with van der Waals surface area (Å²) in [5, 5.41) is 6.66. The van der Waals surface area contributed by atoms with Crippen LogP contribution in [0.2, 0.25) is 0 Å². The van der Waals surface area contributed by atoms with Crippen LogP contribution >= 0.6 is 24.0 Å². The molecule has 0 amide bonds. The van der Waals surface area contributed by atoms with Crippen molar-refractivity contribution in [2.24, 2.45) is 4.99 Å². The molecule has 0 bridgehead atoms. The van der Waals surface area contributed by atoms with E-state index in [0.717, 1.165) is 75.2 Å². The molecule has 1 aromatic carbocycles. The van der Waals surface area contributed by atoms with Crippen LogP contribution in [0.4, 0.5) is 0 Å². The molecule has 8 heteroatoms. The lowest BCUT2D eigenvalue weighted by atomic mass is 10.2. The third kappa shape index (κ3) is 9.26. The molecule has 172 valence electrons. The van der Waals surface area contributed by atoms with E-state index in [1.807, 2.05) is 18.2 Å². The fraction of sp³-hybridized carbons (Fsp3) is 0.682. The van der Waals surface area contributed by atoms with Crippen molar-refractivity contribution in [2.75, 3.05) is 53.0 Å². The minimum Gasteiger partial charge on any atom is -0.493 e. The topological polar surface area (TPSA) is 67.4 Å². The van der Waals surface area contributed by atoms with Gasteiger partial charge in [0.25, 0.3) is 0 Å². The lowest BCUT2D eigenvalue weighted by Crippen LogP contribution is -2.41. The van der Waals surface area contributed by atoms with E-state index in [9.17, 15) is 0 Å². The Labute approximate surface area is 199 Å². The number of guanidine groups is 1. The number of ether oxygens (including phenoxy) is 3. The molecule has 1 saturated heterocycles. The zero-order chi connectivity index (χ0) is 20.9. The van der Waals surface area contributed by atoms with Crippen molar-refractivity contribution in [2.45, 2.75) is 46.3 Å². The molecule has 7 nitrogen and oxygen atoms in total. The van der Waals surface area contributed by atoms with Crippen molar-refractivity contribution in [1.82, 2.24) is 15.5 Å². The fourth-order valence-electron chi connectivity index (χ4n) is 3.28. The monoisotopic (exact) mass is 534 g/mol. The first-order valence-corrected chi connectivity index (χ1v) is 10.9. The Balaban J connectivity index is 0.00000450. The lowest BCUT2D eigenvalue weighted by Gasteiger charge is -2.19. The number of hydrogen-bond donors (Lipinski definition) is 2. The van der Waals surface area contributed by atoms with Crippen molar-refractivity contribution in [3.05, 3.63) is 23.8 Å². The summed E-state index contributed by atoms with van der Waals surface area (Å²) in [7, 11) is 1.67. The molecule has 30 heavy (non-hydrogen) atoms. The van der Waals surface area contributed by atoms with Crippen LogP contribution in [0.25, 0.3) is 0 Å². The second kappa shape index (κ2) is 15.5. The van der Waals surface area contributed by atoms with Gasteiger partial charge in [0.2, 0.25) is 0 Å². The summed E-state index contributed by atoms with van der Waals surface area (Å²) in [6.45, 7) is 13.0. The number of nitrogens with one attached hydrogen (secondary N) is 2. The van der Waals surface area contributed by atoms with E-state index < -0.39 is 0 Å². The van der Waals surface area contributed by atoms with Gasteiger partial charge >= 0.3 is 0 Å². The molecule has 1 heterocycles. The molecular formula is C22H39IN4O3. The highest BCUT2D eigenvalue weighted by Crippen LogP contribution is 2.28. The summed E-state index contributed by atoms with van der Waals surface area (Å²) in [6.07, 6.45) is 2.54. The molecule has 1 unspecified atom stereocenters. The van der Waals surface area contributed by atoms with Gasteiger partial charge in [-0.1, -0.05) is 19.9 Å². The largest absolute Gasteiger partial charge is 0.493 e. The molecule has 2 N–H and O–H groups in total. The van der Waals surface area contributed by atoms with Gasteiger partial charge in [0.15, 0.2) is 17.5 Å². The average molecular weight is 534 g/mol. The van der Waals surface area contributed by atoms with Gasteiger partial charge in [-0.05, 0) is 50.6 Å². The molecule has 1 atom stereocenters. The second-order valence-electron chi connectivity index (χ2n) is 7.07. The smallest absolute Gasteiger partial charge is 0.191 e. The van der Waals surface area contributed by atoms with E-state index in [2.05, 4.69) is 36.3 Å². The van der Waals surface area contributed by atoms with Gasteiger partial charge < -0.3 is 29.7 Å². The van der Waals surface area contributed by atoms with Crippen molar-refractivity contribution >= 4 is 29.9 Å². The SMILES string of the molecule is CCNC(=NCc1ccc(OCCN(CC)CC)c(OC)c1)NCC1CCCO1.I. The molecule has 0 saturated carbocycles. The predicted octanol–water partition coefficient (Wildman–Crippen LogP) is 3.27. The van der Waals surface area contributed by atoms with E-state index in [1.54, 1.807) is 7.11 Å². The summed E-state index contributed by atoms with van der Waals surface area (Å²) in [5.41, 5.74) is 1.08. The van der Waals surface area contributed by atoms with Gasteiger partial charge in [-0.25, -0.2) is 4.99 Å². The first-order chi connectivity index (χ1) is 14.2. The zero-order valence-electron chi connectivity index (χ0n) is 18.9. The molecule has 0 aromatic heterocycles. The zero-order valence-corrected chi connectivity index (χ0v) is 21.2. The Morgan fingerprint density at radius 2 is 2.00 bits per heavy atom. The molecule has 1 fully saturated rings. The van der Waals surface area contributed by atoms with Crippen molar-refractivity contribution in [1.29, 1.82) is 0 Å².